The lowest BCUT2D eigenvalue weighted by molar-refractivity contribution is 0.490. The van der Waals surface area contributed by atoms with Gasteiger partial charge in [-0.3, -0.25) is 0 Å². The van der Waals surface area contributed by atoms with E-state index in [0.29, 0.717) is 11.6 Å². The molecular weight excluding hydrogens is 522 g/mol. The van der Waals surface area contributed by atoms with Crippen LogP contribution in [-0.4, -0.2) is 15.0 Å². The van der Waals surface area contributed by atoms with Gasteiger partial charge in [-0.1, -0.05) is 100 Å². The van der Waals surface area contributed by atoms with Gasteiger partial charge in [0.25, 0.3) is 0 Å². The second kappa shape index (κ2) is 9.63. The number of benzene rings is 4. The smallest absolute Gasteiger partial charge is 0.208 e. The van der Waals surface area contributed by atoms with Gasteiger partial charge in [0.2, 0.25) is 5.28 Å². The third kappa shape index (κ3) is 3.61. The molecule has 2 aliphatic carbocycles. The standard InChI is InChI=1S/C37H34ClN3/c1-5-36(6-2)29-15-11-9-13-25(29)27-19-17-23(21-31(27)36)33-39-34(41-35(38)40-33)24-18-20-28-26-14-10-12-16-30(26)37(7-3,8-4)32(28)22-24/h9-22H,5-8H2,1-4H3. The maximum Gasteiger partial charge on any atom is 0.226 e. The summed E-state index contributed by atoms with van der Waals surface area (Å²) in [6.07, 6.45) is 4.14. The summed E-state index contributed by atoms with van der Waals surface area (Å²) in [6, 6.07) is 31.0. The third-order valence-electron chi connectivity index (χ3n) is 10.1. The number of halogens is 1. The fraction of sp³-hybridized carbons (Fsp3) is 0.270. The normalized spacial score (nSPS) is 15.2. The Bertz CT molecular complexity index is 1680. The molecule has 5 aromatic rings. The van der Waals surface area contributed by atoms with Gasteiger partial charge in [-0.15, -0.1) is 0 Å². The minimum Gasteiger partial charge on any atom is -0.208 e. The van der Waals surface area contributed by atoms with Crippen molar-refractivity contribution in [1.29, 1.82) is 0 Å². The average Bonchev–Trinajstić information content (AvgIpc) is 3.47. The fourth-order valence-corrected chi connectivity index (χ4v) is 7.98. The van der Waals surface area contributed by atoms with Crippen LogP contribution in [0.2, 0.25) is 5.28 Å². The van der Waals surface area contributed by atoms with E-state index in [4.69, 9.17) is 16.6 Å². The zero-order chi connectivity index (χ0) is 28.4. The summed E-state index contributed by atoms with van der Waals surface area (Å²) in [5.41, 5.74) is 12.7. The fourth-order valence-electron chi connectivity index (χ4n) is 7.82. The minimum absolute atomic E-state index is 0.0137. The van der Waals surface area contributed by atoms with Crippen molar-refractivity contribution in [3.63, 3.8) is 0 Å². The van der Waals surface area contributed by atoms with Crippen molar-refractivity contribution in [3.05, 3.63) is 112 Å². The molecule has 0 spiro atoms. The van der Waals surface area contributed by atoms with E-state index in [9.17, 15) is 0 Å². The monoisotopic (exact) mass is 555 g/mol. The van der Waals surface area contributed by atoms with Crippen molar-refractivity contribution in [2.45, 2.75) is 64.2 Å². The van der Waals surface area contributed by atoms with Crippen LogP contribution >= 0.6 is 11.6 Å². The van der Waals surface area contributed by atoms with Crippen LogP contribution in [0, 0.1) is 0 Å². The van der Waals surface area contributed by atoms with Crippen LogP contribution in [0.1, 0.15) is 75.6 Å². The summed E-state index contributed by atoms with van der Waals surface area (Å²) in [5, 5.41) is 0.215. The first-order valence-electron chi connectivity index (χ1n) is 14.9. The van der Waals surface area contributed by atoms with Gasteiger partial charge in [-0.2, -0.15) is 9.97 Å². The van der Waals surface area contributed by atoms with Crippen LogP contribution in [0.25, 0.3) is 45.0 Å². The Balaban J connectivity index is 1.35. The Morgan fingerprint density at radius 2 is 0.878 bits per heavy atom. The van der Waals surface area contributed by atoms with E-state index in [-0.39, 0.29) is 16.1 Å². The minimum atomic E-state index is -0.0137. The summed E-state index contributed by atoms with van der Waals surface area (Å²) < 4.78 is 0. The van der Waals surface area contributed by atoms with Crippen molar-refractivity contribution in [2.24, 2.45) is 0 Å². The van der Waals surface area contributed by atoms with Crippen molar-refractivity contribution in [2.75, 3.05) is 0 Å². The summed E-state index contributed by atoms with van der Waals surface area (Å²) in [6.45, 7) is 9.16. The molecule has 0 saturated carbocycles. The topological polar surface area (TPSA) is 38.7 Å². The molecule has 0 radical (unpaired) electrons. The van der Waals surface area contributed by atoms with E-state index in [1.165, 1.54) is 44.5 Å². The second-order valence-corrected chi connectivity index (χ2v) is 11.8. The van der Waals surface area contributed by atoms with Crippen LogP contribution in [-0.2, 0) is 10.8 Å². The number of hydrogen-bond donors (Lipinski definition) is 0. The maximum absolute atomic E-state index is 6.59. The molecule has 4 aromatic carbocycles. The molecular formula is C37H34ClN3. The molecule has 0 saturated heterocycles. The molecule has 3 nitrogen and oxygen atoms in total. The second-order valence-electron chi connectivity index (χ2n) is 11.4. The number of nitrogens with zero attached hydrogens (tertiary/aromatic N) is 3. The van der Waals surface area contributed by atoms with Gasteiger partial charge >= 0.3 is 0 Å². The molecule has 7 rings (SSSR count). The summed E-state index contributed by atoms with van der Waals surface area (Å²) >= 11 is 6.59. The predicted molar refractivity (Wildman–Crippen MR) is 169 cm³/mol. The van der Waals surface area contributed by atoms with E-state index in [2.05, 4.69) is 123 Å². The Hall–Kier alpha value is -3.82. The van der Waals surface area contributed by atoms with Crippen LogP contribution in [0.4, 0.5) is 0 Å². The molecule has 0 N–H and O–H groups in total. The molecule has 0 unspecified atom stereocenters. The van der Waals surface area contributed by atoms with Crippen molar-refractivity contribution < 1.29 is 0 Å². The SMILES string of the molecule is CCC1(CC)c2ccccc2-c2ccc(-c3nc(Cl)nc(-c4ccc5c(c4)C(CC)(CC)c4ccccc4-5)n3)cc21. The number of hydrogen-bond acceptors (Lipinski definition) is 3. The molecule has 0 aliphatic heterocycles. The Morgan fingerprint density at radius 1 is 0.488 bits per heavy atom. The van der Waals surface area contributed by atoms with Gasteiger partial charge < -0.3 is 0 Å². The van der Waals surface area contributed by atoms with Crippen LogP contribution in [0.15, 0.2) is 84.9 Å². The van der Waals surface area contributed by atoms with Gasteiger partial charge in [0.1, 0.15) is 0 Å². The number of aromatic nitrogens is 3. The maximum atomic E-state index is 6.59. The van der Waals surface area contributed by atoms with Gasteiger partial charge in [0.05, 0.1) is 0 Å². The van der Waals surface area contributed by atoms with Crippen LogP contribution in [0.5, 0.6) is 0 Å². The first kappa shape index (κ1) is 26.1. The zero-order valence-electron chi connectivity index (χ0n) is 24.1. The summed E-state index contributed by atoms with van der Waals surface area (Å²) in [5.74, 6) is 1.22. The molecule has 41 heavy (non-hydrogen) atoms. The molecule has 4 heteroatoms. The highest BCUT2D eigenvalue weighted by Gasteiger charge is 2.41. The first-order valence-corrected chi connectivity index (χ1v) is 15.3. The van der Waals surface area contributed by atoms with Crippen LogP contribution < -0.4 is 0 Å². The first-order chi connectivity index (χ1) is 20.0. The number of fused-ring (bicyclic) bond motifs is 6. The zero-order valence-corrected chi connectivity index (χ0v) is 24.9. The van der Waals surface area contributed by atoms with Gasteiger partial charge in [-0.25, -0.2) is 4.98 Å². The predicted octanol–water partition coefficient (Wildman–Crippen LogP) is 10.0. The van der Waals surface area contributed by atoms with E-state index in [1.54, 1.807) is 0 Å². The summed E-state index contributed by atoms with van der Waals surface area (Å²) in [4.78, 5) is 14.2. The highest BCUT2D eigenvalue weighted by Crippen LogP contribution is 2.54. The third-order valence-corrected chi connectivity index (χ3v) is 10.2. The van der Waals surface area contributed by atoms with E-state index >= 15 is 0 Å². The lowest BCUT2D eigenvalue weighted by Crippen LogP contribution is -2.23. The largest absolute Gasteiger partial charge is 0.226 e. The lowest BCUT2D eigenvalue weighted by atomic mass is 9.73. The summed E-state index contributed by atoms with van der Waals surface area (Å²) in [7, 11) is 0. The van der Waals surface area contributed by atoms with E-state index < -0.39 is 0 Å². The quantitative estimate of drug-likeness (QED) is 0.209. The average molecular weight is 556 g/mol. The van der Waals surface area contributed by atoms with E-state index in [1.807, 2.05) is 0 Å². The highest BCUT2D eigenvalue weighted by molar-refractivity contribution is 6.28. The highest BCUT2D eigenvalue weighted by atomic mass is 35.5. The Morgan fingerprint density at radius 3 is 1.29 bits per heavy atom. The Kier molecular flexibility index (Phi) is 6.13. The molecule has 0 atom stereocenters. The molecule has 2 aliphatic rings. The number of rotatable bonds is 6. The molecule has 204 valence electrons. The van der Waals surface area contributed by atoms with Crippen molar-refractivity contribution >= 4 is 11.6 Å². The van der Waals surface area contributed by atoms with Crippen molar-refractivity contribution in [1.82, 2.24) is 15.0 Å². The Labute approximate surface area is 247 Å². The molecule has 1 aromatic heterocycles. The van der Waals surface area contributed by atoms with E-state index in [0.717, 1.165) is 36.8 Å². The molecule has 0 bridgehead atoms. The van der Waals surface area contributed by atoms with Gasteiger partial charge in [0, 0.05) is 22.0 Å². The van der Waals surface area contributed by atoms with Crippen LogP contribution in [0.3, 0.4) is 0 Å². The van der Waals surface area contributed by atoms with Gasteiger partial charge in [0.15, 0.2) is 11.6 Å². The molecule has 1 heterocycles. The molecule has 0 amide bonds. The lowest BCUT2D eigenvalue weighted by Gasteiger charge is -2.30. The molecule has 0 fully saturated rings. The van der Waals surface area contributed by atoms with Gasteiger partial charge in [-0.05, 0) is 93.9 Å². The van der Waals surface area contributed by atoms with Crippen molar-refractivity contribution in [3.8, 4) is 45.0 Å².